The molecule has 0 aliphatic heterocycles. The summed E-state index contributed by atoms with van der Waals surface area (Å²) in [6.07, 6.45) is 11.9. The molecule has 0 unspecified atom stereocenters. The first kappa shape index (κ1) is 10.6. The lowest BCUT2D eigenvalue weighted by atomic mass is 10.1. The molecule has 1 aromatic rings. The van der Waals surface area contributed by atoms with Gasteiger partial charge in [0.2, 0.25) is 0 Å². The zero-order valence-corrected chi connectivity index (χ0v) is 9.23. The van der Waals surface area contributed by atoms with Crippen molar-refractivity contribution in [1.29, 1.82) is 0 Å². The fraction of sp³-hybridized carbons (Fsp3) is 0.818. The van der Waals surface area contributed by atoms with Crippen molar-refractivity contribution in [2.45, 2.75) is 51.1 Å². The predicted octanol–water partition coefficient (Wildman–Crippen LogP) is 1.59. The van der Waals surface area contributed by atoms with E-state index in [-0.39, 0.29) is 0 Å². The van der Waals surface area contributed by atoms with Gasteiger partial charge in [-0.15, -0.1) is 5.10 Å². The van der Waals surface area contributed by atoms with Crippen LogP contribution in [0.3, 0.4) is 0 Å². The summed E-state index contributed by atoms with van der Waals surface area (Å²) in [5, 5.41) is 11.3. The number of hydrogen-bond acceptors (Lipinski definition) is 3. The average Bonchev–Trinajstić information content (AvgIpc) is 2.62. The first-order valence-electron chi connectivity index (χ1n) is 6.02. The zero-order chi connectivity index (χ0) is 10.3. The van der Waals surface area contributed by atoms with Crippen LogP contribution in [0.2, 0.25) is 0 Å². The van der Waals surface area contributed by atoms with E-state index < -0.39 is 0 Å². The monoisotopic (exact) mass is 208 g/mol. The van der Waals surface area contributed by atoms with E-state index in [1.165, 1.54) is 38.5 Å². The highest BCUT2D eigenvalue weighted by Crippen LogP contribution is 2.16. The van der Waals surface area contributed by atoms with Crippen LogP contribution in [0.1, 0.15) is 38.5 Å². The summed E-state index contributed by atoms with van der Waals surface area (Å²) < 4.78 is 1.88. The first-order valence-corrected chi connectivity index (χ1v) is 6.02. The molecule has 1 aromatic heterocycles. The fourth-order valence-corrected chi connectivity index (χ4v) is 2.22. The summed E-state index contributed by atoms with van der Waals surface area (Å²) in [4.78, 5) is 0. The van der Waals surface area contributed by atoms with E-state index in [1.807, 2.05) is 10.9 Å². The van der Waals surface area contributed by atoms with Gasteiger partial charge in [-0.2, -0.15) is 0 Å². The summed E-state index contributed by atoms with van der Waals surface area (Å²) >= 11 is 0. The Morgan fingerprint density at radius 3 is 2.67 bits per heavy atom. The average molecular weight is 208 g/mol. The van der Waals surface area contributed by atoms with Gasteiger partial charge >= 0.3 is 0 Å². The van der Waals surface area contributed by atoms with Crippen molar-refractivity contribution in [3.8, 4) is 0 Å². The van der Waals surface area contributed by atoms with Crippen LogP contribution in [-0.2, 0) is 6.54 Å². The SMILES string of the molecule is c1cn(CCNC2CCCCCC2)nn1. The van der Waals surface area contributed by atoms with Crippen molar-refractivity contribution in [2.75, 3.05) is 6.54 Å². The quantitative estimate of drug-likeness (QED) is 0.764. The second-order valence-corrected chi connectivity index (χ2v) is 4.31. The second kappa shape index (κ2) is 5.85. The summed E-state index contributed by atoms with van der Waals surface area (Å²) in [6, 6.07) is 0.732. The summed E-state index contributed by atoms with van der Waals surface area (Å²) in [5.41, 5.74) is 0. The lowest BCUT2D eigenvalue weighted by molar-refractivity contribution is 0.433. The standard InChI is InChI=1S/C11H20N4/c1-2-4-6-11(5-3-1)12-7-9-15-10-8-13-14-15/h8,10-12H,1-7,9H2. The van der Waals surface area contributed by atoms with Crippen molar-refractivity contribution in [3.05, 3.63) is 12.4 Å². The topological polar surface area (TPSA) is 42.7 Å². The van der Waals surface area contributed by atoms with Gasteiger partial charge in [0.05, 0.1) is 12.7 Å². The van der Waals surface area contributed by atoms with E-state index in [4.69, 9.17) is 0 Å². The van der Waals surface area contributed by atoms with Crippen LogP contribution in [0.25, 0.3) is 0 Å². The lowest BCUT2D eigenvalue weighted by Crippen LogP contribution is -2.31. The van der Waals surface area contributed by atoms with Crippen molar-refractivity contribution >= 4 is 0 Å². The Kier molecular flexibility index (Phi) is 4.14. The molecule has 1 saturated carbocycles. The molecule has 84 valence electrons. The third-order valence-electron chi connectivity index (χ3n) is 3.10. The normalized spacial score (nSPS) is 18.9. The highest BCUT2D eigenvalue weighted by Gasteiger charge is 2.10. The van der Waals surface area contributed by atoms with Gasteiger partial charge in [-0.3, -0.25) is 4.68 Å². The molecule has 2 rings (SSSR count). The molecule has 0 aromatic carbocycles. The summed E-state index contributed by atoms with van der Waals surface area (Å²) in [7, 11) is 0. The van der Waals surface area contributed by atoms with E-state index >= 15 is 0 Å². The maximum absolute atomic E-state index is 3.94. The maximum atomic E-state index is 3.94. The number of nitrogens with one attached hydrogen (secondary N) is 1. The minimum atomic E-state index is 0.732. The zero-order valence-electron chi connectivity index (χ0n) is 9.23. The van der Waals surface area contributed by atoms with Crippen LogP contribution in [0.4, 0.5) is 0 Å². The molecular formula is C11H20N4. The minimum Gasteiger partial charge on any atom is -0.312 e. The largest absolute Gasteiger partial charge is 0.312 e. The van der Waals surface area contributed by atoms with Crippen LogP contribution in [0.15, 0.2) is 12.4 Å². The van der Waals surface area contributed by atoms with Gasteiger partial charge in [0.1, 0.15) is 0 Å². The molecule has 1 N–H and O–H groups in total. The Labute approximate surface area is 91.1 Å². The Bertz CT molecular complexity index is 250. The molecule has 1 aliphatic rings. The van der Waals surface area contributed by atoms with E-state index in [9.17, 15) is 0 Å². The molecule has 0 spiro atoms. The molecule has 4 heteroatoms. The second-order valence-electron chi connectivity index (χ2n) is 4.31. The molecule has 1 heterocycles. The van der Waals surface area contributed by atoms with E-state index in [1.54, 1.807) is 6.20 Å². The Hall–Kier alpha value is -0.900. The fourth-order valence-electron chi connectivity index (χ4n) is 2.22. The maximum Gasteiger partial charge on any atom is 0.0692 e. The Balaban J connectivity index is 1.64. The number of nitrogens with zero attached hydrogens (tertiary/aromatic N) is 3. The van der Waals surface area contributed by atoms with Gasteiger partial charge in [0, 0.05) is 18.8 Å². The van der Waals surface area contributed by atoms with Gasteiger partial charge in [0.15, 0.2) is 0 Å². The molecule has 1 fully saturated rings. The molecule has 0 saturated heterocycles. The van der Waals surface area contributed by atoms with Crippen LogP contribution in [0.5, 0.6) is 0 Å². The van der Waals surface area contributed by atoms with E-state index in [0.29, 0.717) is 0 Å². The van der Waals surface area contributed by atoms with Crippen molar-refractivity contribution in [1.82, 2.24) is 20.3 Å². The summed E-state index contributed by atoms with van der Waals surface area (Å²) in [6.45, 7) is 1.94. The molecule has 15 heavy (non-hydrogen) atoms. The van der Waals surface area contributed by atoms with Crippen LogP contribution < -0.4 is 5.32 Å². The predicted molar refractivity (Wildman–Crippen MR) is 59.5 cm³/mol. The highest BCUT2D eigenvalue weighted by molar-refractivity contribution is 4.71. The molecule has 0 amide bonds. The van der Waals surface area contributed by atoms with Crippen molar-refractivity contribution in [2.24, 2.45) is 0 Å². The Morgan fingerprint density at radius 1 is 1.20 bits per heavy atom. The number of hydrogen-bond donors (Lipinski definition) is 1. The smallest absolute Gasteiger partial charge is 0.0692 e. The van der Waals surface area contributed by atoms with Crippen LogP contribution >= 0.6 is 0 Å². The third-order valence-corrected chi connectivity index (χ3v) is 3.10. The van der Waals surface area contributed by atoms with Crippen molar-refractivity contribution in [3.63, 3.8) is 0 Å². The van der Waals surface area contributed by atoms with E-state index in [0.717, 1.165) is 19.1 Å². The van der Waals surface area contributed by atoms with Crippen molar-refractivity contribution < 1.29 is 0 Å². The molecule has 0 atom stereocenters. The molecule has 4 nitrogen and oxygen atoms in total. The molecule has 0 radical (unpaired) electrons. The third kappa shape index (κ3) is 3.63. The number of rotatable bonds is 4. The van der Waals surface area contributed by atoms with Crippen LogP contribution in [0, 0.1) is 0 Å². The van der Waals surface area contributed by atoms with Gasteiger partial charge < -0.3 is 5.32 Å². The highest BCUT2D eigenvalue weighted by atomic mass is 15.4. The van der Waals surface area contributed by atoms with Gasteiger partial charge in [-0.1, -0.05) is 30.9 Å². The minimum absolute atomic E-state index is 0.732. The van der Waals surface area contributed by atoms with Gasteiger partial charge in [-0.25, -0.2) is 0 Å². The number of aromatic nitrogens is 3. The van der Waals surface area contributed by atoms with Gasteiger partial charge in [0.25, 0.3) is 0 Å². The van der Waals surface area contributed by atoms with Crippen LogP contribution in [-0.4, -0.2) is 27.6 Å². The molecule has 0 bridgehead atoms. The van der Waals surface area contributed by atoms with E-state index in [2.05, 4.69) is 15.6 Å². The lowest BCUT2D eigenvalue weighted by Gasteiger charge is -2.15. The first-order chi connectivity index (χ1) is 7.45. The molecule has 1 aliphatic carbocycles. The summed E-state index contributed by atoms with van der Waals surface area (Å²) in [5.74, 6) is 0. The van der Waals surface area contributed by atoms with Gasteiger partial charge in [-0.05, 0) is 12.8 Å². The Morgan fingerprint density at radius 2 is 2.00 bits per heavy atom. The molecular weight excluding hydrogens is 188 g/mol.